The molecule has 0 saturated carbocycles. The molecule has 4 aromatic rings. The van der Waals surface area contributed by atoms with E-state index in [4.69, 9.17) is 0 Å². The molecule has 1 aliphatic rings. The Bertz CT molecular complexity index is 1080. The first-order chi connectivity index (χ1) is 17.7. The molecule has 1 heterocycles. The van der Waals surface area contributed by atoms with Crippen LogP contribution in [0.15, 0.2) is 121 Å². The van der Waals surface area contributed by atoms with Crippen molar-refractivity contribution in [2.45, 2.75) is 38.0 Å². The van der Waals surface area contributed by atoms with Crippen LogP contribution < -0.4 is 0 Å². The number of Topliss-reactive ketones (excluding diaryl/α,β-unsaturated/α-hetero) is 1. The van der Waals surface area contributed by atoms with E-state index in [0.29, 0.717) is 25.9 Å². The van der Waals surface area contributed by atoms with E-state index >= 15 is 0 Å². The summed E-state index contributed by atoms with van der Waals surface area (Å²) < 4.78 is 0. The Kier molecular flexibility index (Phi) is 7.23. The van der Waals surface area contributed by atoms with Crippen molar-refractivity contribution in [3.05, 3.63) is 144 Å². The number of urea groups is 1. The van der Waals surface area contributed by atoms with Gasteiger partial charge in [-0.05, 0) is 22.3 Å². The van der Waals surface area contributed by atoms with Gasteiger partial charge in [-0.2, -0.15) is 0 Å². The molecule has 0 aromatic heterocycles. The third kappa shape index (κ3) is 5.38. The van der Waals surface area contributed by atoms with E-state index in [-0.39, 0.29) is 11.8 Å². The van der Waals surface area contributed by atoms with E-state index in [2.05, 4.69) is 0 Å². The first-order valence-electron chi connectivity index (χ1n) is 12.5. The molecule has 4 aromatic carbocycles. The van der Waals surface area contributed by atoms with Crippen LogP contribution in [0.5, 0.6) is 0 Å². The van der Waals surface area contributed by atoms with E-state index < -0.39 is 12.1 Å². The molecule has 0 aliphatic carbocycles. The molecule has 180 valence electrons. The highest BCUT2D eigenvalue weighted by atomic mass is 16.2. The summed E-state index contributed by atoms with van der Waals surface area (Å²) in [4.78, 5) is 32.0. The lowest BCUT2D eigenvalue weighted by Gasteiger charge is -2.45. The molecule has 0 bridgehead atoms. The van der Waals surface area contributed by atoms with Crippen LogP contribution in [-0.4, -0.2) is 33.7 Å². The van der Waals surface area contributed by atoms with Crippen molar-refractivity contribution >= 4 is 11.8 Å². The van der Waals surface area contributed by atoms with E-state index in [1.165, 1.54) is 0 Å². The number of nitrogens with zero attached hydrogens (tertiary/aromatic N) is 2. The van der Waals surface area contributed by atoms with E-state index in [1.54, 1.807) is 9.80 Å². The molecule has 4 nitrogen and oxygen atoms in total. The monoisotopic (exact) mass is 474 g/mol. The number of amides is 2. The highest BCUT2D eigenvalue weighted by molar-refractivity contribution is 5.98. The maximum atomic E-state index is 14.2. The topological polar surface area (TPSA) is 40.6 Å². The second-order valence-electron chi connectivity index (χ2n) is 9.32. The maximum Gasteiger partial charge on any atom is 0.321 e. The first-order valence-corrected chi connectivity index (χ1v) is 12.5. The number of benzene rings is 4. The zero-order valence-corrected chi connectivity index (χ0v) is 20.2. The van der Waals surface area contributed by atoms with Crippen molar-refractivity contribution in [1.29, 1.82) is 0 Å². The third-order valence-corrected chi connectivity index (χ3v) is 6.84. The van der Waals surface area contributed by atoms with Crippen LogP contribution in [0.25, 0.3) is 0 Å². The summed E-state index contributed by atoms with van der Waals surface area (Å²) in [7, 11) is 0. The minimum absolute atomic E-state index is 0.0918. The van der Waals surface area contributed by atoms with E-state index in [9.17, 15) is 9.59 Å². The Morgan fingerprint density at radius 2 is 0.750 bits per heavy atom. The Hall–Kier alpha value is -4.18. The fourth-order valence-corrected chi connectivity index (χ4v) is 4.97. The standard InChI is InChI=1S/C32H30N2O2/c35-31-29(21-25-13-5-1-6-14-25)33(23-27-17-9-3-10-18-27)32(36)34(24-28-19-11-4-12-20-28)30(31)22-26-15-7-2-8-16-26/h1-20,29-30H,21-24H2/t29-,30-/m0/s1. The summed E-state index contributed by atoms with van der Waals surface area (Å²) in [5, 5.41) is 0. The molecule has 5 rings (SSSR count). The molecule has 36 heavy (non-hydrogen) atoms. The van der Waals surface area contributed by atoms with Gasteiger partial charge in [0.25, 0.3) is 0 Å². The van der Waals surface area contributed by atoms with Crippen LogP contribution in [0, 0.1) is 0 Å². The number of hydrogen-bond donors (Lipinski definition) is 0. The van der Waals surface area contributed by atoms with Gasteiger partial charge in [0.2, 0.25) is 0 Å². The number of hydrogen-bond acceptors (Lipinski definition) is 2. The predicted octanol–water partition coefficient (Wildman–Crippen LogP) is 5.92. The lowest BCUT2D eigenvalue weighted by molar-refractivity contribution is -0.132. The van der Waals surface area contributed by atoms with Crippen molar-refractivity contribution in [2.75, 3.05) is 0 Å². The zero-order chi connectivity index (χ0) is 24.7. The molecular formula is C32H30N2O2. The SMILES string of the molecule is O=C1[C@H](Cc2ccccc2)N(Cc2ccccc2)C(=O)N(Cc2ccccc2)[C@H]1Cc1ccccc1. The van der Waals surface area contributed by atoms with Crippen molar-refractivity contribution in [3.63, 3.8) is 0 Å². The lowest BCUT2D eigenvalue weighted by Crippen LogP contribution is -2.64. The van der Waals surface area contributed by atoms with Gasteiger partial charge in [-0.3, -0.25) is 4.79 Å². The Balaban J connectivity index is 1.53. The molecule has 1 fully saturated rings. The molecule has 2 amide bonds. The maximum absolute atomic E-state index is 14.2. The molecule has 0 radical (unpaired) electrons. The zero-order valence-electron chi connectivity index (χ0n) is 20.2. The predicted molar refractivity (Wildman–Crippen MR) is 142 cm³/mol. The summed E-state index contributed by atoms with van der Waals surface area (Å²) in [6, 6.07) is 38.7. The molecule has 0 spiro atoms. The van der Waals surface area contributed by atoms with Gasteiger partial charge in [-0.15, -0.1) is 0 Å². The molecule has 0 N–H and O–H groups in total. The molecule has 1 saturated heterocycles. The number of carbonyl (C=O) groups excluding carboxylic acids is 2. The van der Waals surface area contributed by atoms with E-state index in [1.807, 2.05) is 121 Å². The summed E-state index contributed by atoms with van der Waals surface area (Å²) in [6.45, 7) is 0.790. The van der Waals surface area contributed by atoms with Gasteiger partial charge in [0.15, 0.2) is 5.78 Å². The number of ketones is 1. The third-order valence-electron chi connectivity index (χ3n) is 6.84. The summed E-state index contributed by atoms with van der Waals surface area (Å²) in [5.74, 6) is 0.0918. The van der Waals surface area contributed by atoms with Gasteiger partial charge in [-0.1, -0.05) is 121 Å². The second-order valence-corrected chi connectivity index (χ2v) is 9.32. The van der Waals surface area contributed by atoms with Crippen LogP contribution in [0.4, 0.5) is 4.79 Å². The van der Waals surface area contributed by atoms with Gasteiger partial charge in [0.1, 0.15) is 0 Å². The average molecular weight is 475 g/mol. The fourth-order valence-electron chi connectivity index (χ4n) is 4.97. The minimum atomic E-state index is -0.527. The smallest absolute Gasteiger partial charge is 0.310 e. The second kappa shape index (κ2) is 11.0. The quantitative estimate of drug-likeness (QED) is 0.318. The van der Waals surface area contributed by atoms with Crippen molar-refractivity contribution in [2.24, 2.45) is 0 Å². The largest absolute Gasteiger partial charge is 0.321 e. The van der Waals surface area contributed by atoms with Gasteiger partial charge < -0.3 is 9.80 Å². The van der Waals surface area contributed by atoms with Crippen molar-refractivity contribution in [1.82, 2.24) is 9.80 Å². The normalized spacial score (nSPS) is 17.9. The summed E-state index contributed by atoms with van der Waals surface area (Å²) >= 11 is 0. The Labute approximate surface area is 212 Å². The van der Waals surface area contributed by atoms with Crippen LogP contribution in [-0.2, 0) is 30.7 Å². The van der Waals surface area contributed by atoms with Gasteiger partial charge in [0, 0.05) is 25.9 Å². The van der Waals surface area contributed by atoms with Crippen molar-refractivity contribution < 1.29 is 9.59 Å². The highest BCUT2D eigenvalue weighted by Crippen LogP contribution is 2.28. The minimum Gasteiger partial charge on any atom is -0.310 e. The van der Waals surface area contributed by atoms with Crippen LogP contribution in [0.3, 0.4) is 0 Å². The van der Waals surface area contributed by atoms with Crippen LogP contribution in [0.1, 0.15) is 22.3 Å². The number of carbonyl (C=O) groups is 2. The summed E-state index contributed by atoms with van der Waals surface area (Å²) in [6.07, 6.45) is 1.01. The Morgan fingerprint density at radius 1 is 0.444 bits per heavy atom. The summed E-state index contributed by atoms with van der Waals surface area (Å²) in [5.41, 5.74) is 4.13. The molecular weight excluding hydrogens is 444 g/mol. The fraction of sp³-hybridized carbons (Fsp3) is 0.188. The highest BCUT2D eigenvalue weighted by Gasteiger charge is 2.45. The van der Waals surface area contributed by atoms with Gasteiger partial charge >= 0.3 is 6.03 Å². The van der Waals surface area contributed by atoms with E-state index in [0.717, 1.165) is 22.3 Å². The molecule has 4 heteroatoms. The lowest BCUT2D eigenvalue weighted by atomic mass is 9.89. The average Bonchev–Trinajstić information content (AvgIpc) is 2.93. The van der Waals surface area contributed by atoms with Crippen molar-refractivity contribution in [3.8, 4) is 0 Å². The number of rotatable bonds is 8. The van der Waals surface area contributed by atoms with Crippen LogP contribution in [0.2, 0.25) is 0 Å². The van der Waals surface area contributed by atoms with Gasteiger partial charge in [-0.25, -0.2) is 4.79 Å². The van der Waals surface area contributed by atoms with Crippen LogP contribution >= 0.6 is 0 Å². The molecule has 2 atom stereocenters. The molecule has 0 unspecified atom stereocenters. The Morgan fingerprint density at radius 3 is 1.08 bits per heavy atom. The van der Waals surface area contributed by atoms with Gasteiger partial charge in [0.05, 0.1) is 12.1 Å². The molecule has 1 aliphatic heterocycles. The first kappa shape index (κ1) is 23.6.